The molecule has 13 heteroatoms. The van der Waals surface area contributed by atoms with Crippen LogP contribution in [0.3, 0.4) is 0 Å². The Bertz CT molecular complexity index is 1660. The highest BCUT2D eigenvalue weighted by Gasteiger charge is 2.59. The maximum absolute atomic E-state index is 14.9. The second-order valence-corrected chi connectivity index (χ2v) is 10.4. The van der Waals surface area contributed by atoms with Gasteiger partial charge in [-0.3, -0.25) is 14.2 Å². The minimum Gasteiger partial charge on any atom is -0.497 e. The highest BCUT2D eigenvalue weighted by Crippen LogP contribution is 2.44. The van der Waals surface area contributed by atoms with E-state index in [9.17, 15) is 27.2 Å². The Morgan fingerprint density at radius 3 is 2.44 bits per heavy atom. The Morgan fingerprint density at radius 1 is 1.05 bits per heavy atom. The summed E-state index contributed by atoms with van der Waals surface area (Å²) in [5.74, 6) is -1.04. The third kappa shape index (κ3) is 7.14. The number of halogens is 5. The molecule has 1 heterocycles. The van der Waals surface area contributed by atoms with Crippen LogP contribution in [-0.4, -0.2) is 48.3 Å². The fraction of sp³-hybridized carbons (Fsp3) is 0.267. The second kappa shape index (κ2) is 11.7. The van der Waals surface area contributed by atoms with Crippen molar-refractivity contribution in [2.45, 2.75) is 37.5 Å². The van der Waals surface area contributed by atoms with Crippen LogP contribution >= 0.6 is 11.6 Å². The molecule has 0 saturated heterocycles. The zero-order chi connectivity index (χ0) is 30.9. The van der Waals surface area contributed by atoms with E-state index >= 15 is 0 Å². The Hall–Kier alpha value is -4.45. The molecule has 43 heavy (non-hydrogen) atoms. The maximum atomic E-state index is 14.9. The third-order valence-corrected chi connectivity index (χ3v) is 6.99. The first-order valence-corrected chi connectivity index (χ1v) is 13.3. The molecule has 226 valence electrons. The van der Waals surface area contributed by atoms with Gasteiger partial charge in [-0.25, -0.2) is 4.39 Å². The van der Waals surface area contributed by atoms with Gasteiger partial charge in [0.25, 0.3) is 5.91 Å². The number of fused-ring (bicyclic) bond motifs is 1. The van der Waals surface area contributed by atoms with Gasteiger partial charge in [0, 0.05) is 59.9 Å². The van der Waals surface area contributed by atoms with E-state index in [0.29, 0.717) is 27.4 Å². The number of carbonyl (C=O) groups is 2. The van der Waals surface area contributed by atoms with Crippen molar-refractivity contribution in [3.05, 3.63) is 83.5 Å². The number of nitrogens with zero attached hydrogens (tertiary/aromatic N) is 1. The zero-order valence-electron chi connectivity index (χ0n) is 22.8. The molecule has 1 aliphatic rings. The highest BCUT2D eigenvalue weighted by molar-refractivity contribution is 6.30. The van der Waals surface area contributed by atoms with Gasteiger partial charge in [-0.2, -0.15) is 0 Å². The van der Waals surface area contributed by atoms with Crippen LogP contribution in [0.5, 0.6) is 17.2 Å². The van der Waals surface area contributed by atoms with Crippen LogP contribution in [-0.2, 0) is 9.53 Å². The molecule has 3 aromatic carbocycles. The number of anilines is 1. The Morgan fingerprint density at radius 2 is 1.77 bits per heavy atom. The molecule has 4 aromatic rings. The van der Waals surface area contributed by atoms with Crippen molar-refractivity contribution in [1.82, 2.24) is 4.57 Å². The lowest BCUT2D eigenvalue weighted by atomic mass is 10.1. The van der Waals surface area contributed by atoms with E-state index in [4.69, 9.17) is 25.8 Å². The molecular formula is C30H25ClF4N2O6. The molecule has 1 aliphatic carbocycles. The average Bonchev–Trinajstić information content (AvgIpc) is 3.38. The molecule has 5 rings (SSSR count). The molecular weight excluding hydrogens is 596 g/mol. The molecule has 3 atom stereocenters. The minimum atomic E-state index is -4.91. The van der Waals surface area contributed by atoms with E-state index in [2.05, 4.69) is 10.1 Å². The number of hydrogen-bond donors (Lipinski definition) is 1. The van der Waals surface area contributed by atoms with Crippen molar-refractivity contribution in [2.24, 2.45) is 0 Å². The van der Waals surface area contributed by atoms with Gasteiger partial charge in [0.2, 0.25) is 0 Å². The molecule has 1 fully saturated rings. The van der Waals surface area contributed by atoms with Gasteiger partial charge in [0.05, 0.1) is 12.6 Å². The minimum absolute atomic E-state index is 0.00928. The lowest BCUT2D eigenvalue weighted by Gasteiger charge is -2.22. The quantitative estimate of drug-likeness (QED) is 0.149. The van der Waals surface area contributed by atoms with Crippen molar-refractivity contribution < 1.29 is 46.1 Å². The van der Waals surface area contributed by atoms with Crippen LogP contribution in [0.15, 0.2) is 72.9 Å². The first-order chi connectivity index (χ1) is 20.3. The number of carbonyl (C=O) groups excluding carboxylic acids is 2. The topological polar surface area (TPSA) is 88.0 Å². The monoisotopic (exact) mass is 620 g/mol. The van der Waals surface area contributed by atoms with Crippen molar-refractivity contribution >= 4 is 40.1 Å². The summed E-state index contributed by atoms with van der Waals surface area (Å²) < 4.78 is 74.7. The molecule has 0 bridgehead atoms. The molecule has 8 nitrogen and oxygen atoms in total. The molecule has 3 unspecified atom stereocenters. The van der Waals surface area contributed by atoms with Gasteiger partial charge >= 0.3 is 12.3 Å². The van der Waals surface area contributed by atoms with E-state index < -0.39 is 41.8 Å². The normalized spacial score (nSPS) is 18.5. The van der Waals surface area contributed by atoms with Crippen LogP contribution in [0.4, 0.5) is 23.2 Å². The summed E-state index contributed by atoms with van der Waals surface area (Å²) in [5, 5.41) is 4.08. The largest absolute Gasteiger partial charge is 0.573 e. The number of alkyl halides is 4. The lowest BCUT2D eigenvalue weighted by Crippen LogP contribution is -2.26. The van der Waals surface area contributed by atoms with Crippen molar-refractivity contribution in [3.63, 3.8) is 0 Å². The Labute approximate surface area is 248 Å². The summed E-state index contributed by atoms with van der Waals surface area (Å²) in [4.78, 5) is 25.2. The average molecular weight is 621 g/mol. The second-order valence-electron chi connectivity index (χ2n) is 9.94. The first kappa shape index (κ1) is 30.0. The first-order valence-electron chi connectivity index (χ1n) is 12.9. The lowest BCUT2D eigenvalue weighted by molar-refractivity contribution is -0.274. The van der Waals surface area contributed by atoms with Crippen LogP contribution in [0.1, 0.15) is 29.7 Å². The predicted molar refractivity (Wildman–Crippen MR) is 150 cm³/mol. The molecule has 1 aromatic heterocycles. The van der Waals surface area contributed by atoms with E-state index in [1.54, 1.807) is 36.4 Å². The fourth-order valence-electron chi connectivity index (χ4n) is 4.55. The van der Waals surface area contributed by atoms with E-state index in [1.165, 1.54) is 43.0 Å². The summed E-state index contributed by atoms with van der Waals surface area (Å²) in [6.07, 6.45) is -4.34. The summed E-state index contributed by atoms with van der Waals surface area (Å²) >= 11 is 6.07. The van der Waals surface area contributed by atoms with Crippen LogP contribution < -0.4 is 19.5 Å². The molecule has 1 N–H and O–H groups in total. The van der Waals surface area contributed by atoms with E-state index in [-0.39, 0.29) is 24.3 Å². The highest BCUT2D eigenvalue weighted by atomic mass is 35.5. The number of rotatable bonds is 10. The number of hydrogen-bond acceptors (Lipinski definition) is 7. The number of methoxy groups -OCH3 is 1. The van der Waals surface area contributed by atoms with Crippen LogP contribution in [0.25, 0.3) is 10.9 Å². The predicted octanol–water partition coefficient (Wildman–Crippen LogP) is 7.12. The molecule has 0 aliphatic heterocycles. The Balaban J connectivity index is 1.45. The van der Waals surface area contributed by atoms with E-state index in [0.717, 1.165) is 12.1 Å². The van der Waals surface area contributed by atoms with Gasteiger partial charge in [0.1, 0.15) is 36.0 Å². The number of benzene rings is 3. The summed E-state index contributed by atoms with van der Waals surface area (Å²) in [6, 6.07) is 15.3. The summed E-state index contributed by atoms with van der Waals surface area (Å²) in [6.45, 7) is 0.818. The number of nitrogens with one attached hydrogen (secondary N) is 1. The van der Waals surface area contributed by atoms with Crippen molar-refractivity contribution in [2.75, 3.05) is 19.0 Å². The summed E-state index contributed by atoms with van der Waals surface area (Å²) in [7, 11) is 1.42. The molecule has 1 saturated carbocycles. The van der Waals surface area contributed by atoms with Gasteiger partial charge in [0.15, 0.2) is 5.67 Å². The SMILES string of the molecule is COc1cc(NC(C(=O)n2ccc3ccc(OC(F)(F)F)cc32)c2ccc(Cl)cc2)cc(OCC2(F)CC2OC(C)=O)c1. The van der Waals surface area contributed by atoms with Gasteiger partial charge < -0.3 is 24.3 Å². The molecule has 0 radical (unpaired) electrons. The molecule has 0 spiro atoms. The zero-order valence-corrected chi connectivity index (χ0v) is 23.5. The number of esters is 1. The Kier molecular flexibility index (Phi) is 8.15. The van der Waals surface area contributed by atoms with Crippen LogP contribution in [0.2, 0.25) is 5.02 Å². The van der Waals surface area contributed by atoms with Crippen molar-refractivity contribution in [1.29, 1.82) is 0 Å². The van der Waals surface area contributed by atoms with Gasteiger partial charge in [-0.05, 0) is 35.9 Å². The summed E-state index contributed by atoms with van der Waals surface area (Å²) in [5.41, 5.74) is -0.773. The van der Waals surface area contributed by atoms with Gasteiger partial charge in [-0.1, -0.05) is 23.7 Å². The molecule has 0 amide bonds. The van der Waals surface area contributed by atoms with E-state index in [1.807, 2.05) is 0 Å². The number of aromatic nitrogens is 1. The fourth-order valence-corrected chi connectivity index (χ4v) is 4.68. The smallest absolute Gasteiger partial charge is 0.497 e. The third-order valence-electron chi connectivity index (χ3n) is 6.74. The van der Waals surface area contributed by atoms with Crippen molar-refractivity contribution in [3.8, 4) is 17.2 Å². The maximum Gasteiger partial charge on any atom is 0.573 e. The van der Waals surface area contributed by atoms with Gasteiger partial charge in [-0.15, -0.1) is 13.2 Å². The standard InChI is InChI=1S/C30H25ClF4N2O6/c1-17(38)42-26-15-29(26,32)16-41-24-12-21(11-23(13-24)40-2)36-27(19-3-6-20(31)7-4-19)28(39)37-10-9-18-5-8-22(14-25(18)37)43-30(33,34)35/h3-14,26-27,36H,15-16H2,1-2H3. The number of ether oxygens (including phenoxy) is 4. The van der Waals surface area contributed by atoms with Crippen LogP contribution in [0, 0.1) is 0 Å².